The normalized spacial score (nSPS) is 10.4. The lowest BCUT2D eigenvalue weighted by atomic mass is 10.1. The van der Waals surface area contributed by atoms with Gasteiger partial charge in [-0.15, -0.1) is 0 Å². The predicted molar refractivity (Wildman–Crippen MR) is 84.1 cm³/mol. The van der Waals surface area contributed by atoms with Gasteiger partial charge in [-0.2, -0.15) is 0 Å². The number of aliphatic hydroxyl groups excluding tert-OH is 1. The van der Waals surface area contributed by atoms with E-state index in [0.717, 1.165) is 12.0 Å². The van der Waals surface area contributed by atoms with Crippen molar-refractivity contribution in [2.75, 3.05) is 11.9 Å². The van der Waals surface area contributed by atoms with Gasteiger partial charge in [0, 0.05) is 18.5 Å². The minimum Gasteiger partial charge on any atom is -0.396 e. The van der Waals surface area contributed by atoms with E-state index in [1.54, 1.807) is 6.07 Å². The zero-order chi connectivity index (χ0) is 15.2. The van der Waals surface area contributed by atoms with Crippen molar-refractivity contribution >= 4 is 34.8 Å². The molecule has 0 saturated carbocycles. The van der Waals surface area contributed by atoms with Crippen LogP contribution in [0.1, 0.15) is 22.3 Å². The molecular weight excluding hydrogens is 311 g/mol. The summed E-state index contributed by atoms with van der Waals surface area (Å²) in [4.78, 5) is 16.0. The predicted octanol–water partition coefficient (Wildman–Crippen LogP) is 3.57. The highest BCUT2D eigenvalue weighted by atomic mass is 35.5. The molecule has 2 rings (SSSR count). The first-order valence-corrected chi connectivity index (χ1v) is 7.18. The summed E-state index contributed by atoms with van der Waals surface area (Å²) in [5.41, 5.74) is 1.98. The van der Waals surface area contributed by atoms with Gasteiger partial charge in [-0.1, -0.05) is 35.3 Å². The number of nitrogens with one attached hydrogen (secondary N) is 1. The Hall–Kier alpha value is -1.62. The molecule has 0 unspecified atom stereocenters. The molecule has 0 bridgehead atoms. The van der Waals surface area contributed by atoms with Crippen molar-refractivity contribution in [2.24, 2.45) is 0 Å². The molecule has 6 heteroatoms. The van der Waals surface area contributed by atoms with Crippen LogP contribution in [0.15, 0.2) is 36.5 Å². The molecule has 1 amide bonds. The number of aliphatic hydroxyl groups is 1. The van der Waals surface area contributed by atoms with E-state index in [1.807, 2.05) is 18.2 Å². The molecule has 1 aromatic carbocycles. The lowest BCUT2D eigenvalue weighted by Crippen LogP contribution is -2.13. The van der Waals surface area contributed by atoms with Crippen molar-refractivity contribution < 1.29 is 9.90 Å². The minimum atomic E-state index is -0.344. The van der Waals surface area contributed by atoms with Gasteiger partial charge in [0.2, 0.25) is 0 Å². The monoisotopic (exact) mass is 324 g/mol. The molecule has 1 heterocycles. The van der Waals surface area contributed by atoms with Crippen LogP contribution < -0.4 is 5.32 Å². The summed E-state index contributed by atoms with van der Waals surface area (Å²) in [6.45, 7) is 0.141. The largest absolute Gasteiger partial charge is 0.396 e. The van der Waals surface area contributed by atoms with Crippen molar-refractivity contribution in [3.63, 3.8) is 0 Å². The van der Waals surface area contributed by atoms with Crippen molar-refractivity contribution in [1.29, 1.82) is 0 Å². The fourth-order valence-electron chi connectivity index (χ4n) is 1.87. The number of hydrogen-bond acceptors (Lipinski definition) is 3. The third-order valence-corrected chi connectivity index (χ3v) is 3.38. The molecule has 0 atom stereocenters. The summed E-state index contributed by atoms with van der Waals surface area (Å²) in [7, 11) is 0. The summed E-state index contributed by atoms with van der Waals surface area (Å²) in [6.07, 6.45) is 2.78. The van der Waals surface area contributed by atoms with Crippen LogP contribution in [0.2, 0.25) is 10.2 Å². The zero-order valence-electron chi connectivity index (χ0n) is 11.1. The van der Waals surface area contributed by atoms with E-state index < -0.39 is 0 Å². The van der Waals surface area contributed by atoms with E-state index in [1.165, 1.54) is 12.3 Å². The highest BCUT2D eigenvalue weighted by Crippen LogP contribution is 2.20. The molecule has 0 saturated heterocycles. The lowest BCUT2D eigenvalue weighted by Gasteiger charge is -2.08. The number of carbonyl (C=O) groups excluding carboxylic acids is 1. The molecule has 0 spiro atoms. The molecule has 0 fully saturated rings. The maximum absolute atomic E-state index is 12.2. The Balaban J connectivity index is 2.14. The van der Waals surface area contributed by atoms with Gasteiger partial charge in [-0.05, 0) is 36.6 Å². The summed E-state index contributed by atoms with van der Waals surface area (Å²) in [5.74, 6) is -0.344. The average molecular weight is 325 g/mol. The van der Waals surface area contributed by atoms with E-state index in [9.17, 15) is 4.79 Å². The molecule has 0 radical (unpaired) electrons. The quantitative estimate of drug-likeness (QED) is 0.826. The van der Waals surface area contributed by atoms with Crippen LogP contribution in [-0.4, -0.2) is 22.6 Å². The summed E-state index contributed by atoms with van der Waals surface area (Å²) >= 11 is 11.7. The van der Waals surface area contributed by atoms with Gasteiger partial charge in [-0.3, -0.25) is 4.79 Å². The van der Waals surface area contributed by atoms with Crippen LogP contribution in [0.25, 0.3) is 0 Å². The second-order valence-corrected chi connectivity index (χ2v) is 5.26. The second kappa shape index (κ2) is 7.41. The fourth-order valence-corrected chi connectivity index (χ4v) is 2.22. The van der Waals surface area contributed by atoms with Crippen molar-refractivity contribution in [1.82, 2.24) is 4.98 Å². The average Bonchev–Trinajstić information content (AvgIpc) is 2.48. The molecule has 0 aliphatic heterocycles. The molecular formula is C15H14Cl2N2O2. The number of aryl methyl sites for hydroxylation is 1. The van der Waals surface area contributed by atoms with Crippen LogP contribution in [-0.2, 0) is 6.42 Å². The number of halogens is 2. The summed E-state index contributed by atoms with van der Waals surface area (Å²) in [6, 6.07) is 8.88. The van der Waals surface area contributed by atoms with Crippen LogP contribution in [0.4, 0.5) is 5.69 Å². The standard InChI is InChI=1S/C15H14Cl2N2O2/c16-13-9-18-14(17)8-12(13)15(21)19-11-5-1-3-10(7-11)4-2-6-20/h1,3,5,7-9,20H,2,4,6H2,(H,19,21). The maximum Gasteiger partial charge on any atom is 0.257 e. The van der Waals surface area contributed by atoms with E-state index >= 15 is 0 Å². The number of aromatic nitrogens is 1. The van der Waals surface area contributed by atoms with Gasteiger partial charge in [0.15, 0.2) is 0 Å². The highest BCUT2D eigenvalue weighted by molar-refractivity contribution is 6.35. The first kappa shape index (κ1) is 15.8. The van der Waals surface area contributed by atoms with Gasteiger partial charge < -0.3 is 10.4 Å². The van der Waals surface area contributed by atoms with Gasteiger partial charge in [0.25, 0.3) is 5.91 Å². The van der Waals surface area contributed by atoms with Crippen molar-refractivity contribution in [2.45, 2.75) is 12.8 Å². The highest BCUT2D eigenvalue weighted by Gasteiger charge is 2.12. The van der Waals surface area contributed by atoms with E-state index in [4.69, 9.17) is 28.3 Å². The minimum absolute atomic E-state index is 0.141. The Morgan fingerprint density at radius 2 is 2.10 bits per heavy atom. The second-order valence-electron chi connectivity index (χ2n) is 4.47. The topological polar surface area (TPSA) is 62.2 Å². The third-order valence-electron chi connectivity index (χ3n) is 2.88. The number of nitrogens with zero attached hydrogens (tertiary/aromatic N) is 1. The molecule has 2 aromatic rings. The number of anilines is 1. The first-order chi connectivity index (χ1) is 10.1. The van der Waals surface area contributed by atoms with Gasteiger partial charge in [0.1, 0.15) is 5.15 Å². The van der Waals surface area contributed by atoms with Crippen LogP contribution in [0.3, 0.4) is 0 Å². The zero-order valence-corrected chi connectivity index (χ0v) is 12.7. The SMILES string of the molecule is O=C(Nc1cccc(CCCO)c1)c1cc(Cl)ncc1Cl. The molecule has 21 heavy (non-hydrogen) atoms. The van der Waals surface area contributed by atoms with Gasteiger partial charge in [0.05, 0.1) is 10.6 Å². The lowest BCUT2D eigenvalue weighted by molar-refractivity contribution is 0.102. The Morgan fingerprint density at radius 1 is 1.29 bits per heavy atom. The Morgan fingerprint density at radius 3 is 2.86 bits per heavy atom. The number of amides is 1. The number of benzene rings is 1. The van der Waals surface area contributed by atoms with Gasteiger partial charge >= 0.3 is 0 Å². The van der Waals surface area contributed by atoms with Crippen molar-refractivity contribution in [3.05, 3.63) is 57.8 Å². The van der Waals surface area contributed by atoms with Crippen LogP contribution in [0, 0.1) is 0 Å². The van der Waals surface area contributed by atoms with E-state index in [0.29, 0.717) is 12.1 Å². The number of rotatable bonds is 5. The molecule has 4 nitrogen and oxygen atoms in total. The smallest absolute Gasteiger partial charge is 0.257 e. The molecule has 110 valence electrons. The Bertz CT molecular complexity index is 647. The summed E-state index contributed by atoms with van der Waals surface area (Å²) in [5, 5.41) is 12.1. The molecule has 1 aromatic heterocycles. The number of carbonyl (C=O) groups is 1. The molecule has 2 N–H and O–H groups in total. The Labute approximate surface area is 132 Å². The van der Waals surface area contributed by atoms with E-state index in [2.05, 4.69) is 10.3 Å². The maximum atomic E-state index is 12.2. The van der Waals surface area contributed by atoms with Crippen molar-refractivity contribution in [3.8, 4) is 0 Å². The molecule has 0 aliphatic rings. The Kier molecular flexibility index (Phi) is 5.56. The van der Waals surface area contributed by atoms with Crippen LogP contribution in [0.5, 0.6) is 0 Å². The third kappa shape index (κ3) is 4.43. The summed E-state index contributed by atoms with van der Waals surface area (Å²) < 4.78 is 0. The van der Waals surface area contributed by atoms with E-state index in [-0.39, 0.29) is 28.3 Å². The number of pyridine rings is 1. The van der Waals surface area contributed by atoms with Crippen LogP contribution >= 0.6 is 23.2 Å². The number of hydrogen-bond donors (Lipinski definition) is 2. The fraction of sp³-hybridized carbons (Fsp3) is 0.200. The molecule has 0 aliphatic carbocycles. The van der Waals surface area contributed by atoms with Gasteiger partial charge in [-0.25, -0.2) is 4.98 Å². The first-order valence-electron chi connectivity index (χ1n) is 6.42.